The molecule has 1 fully saturated rings. The van der Waals surface area contributed by atoms with Crippen LogP contribution in [0.4, 0.5) is 4.39 Å². The molecule has 57 valence electrons. The van der Waals surface area contributed by atoms with Crippen molar-refractivity contribution in [1.29, 1.82) is 0 Å². The van der Waals surface area contributed by atoms with Crippen molar-refractivity contribution in [2.45, 2.75) is 18.8 Å². The minimum Gasteiger partial charge on any atom is -0.206 e. The maximum absolute atomic E-state index is 13.1. The van der Waals surface area contributed by atoms with E-state index in [0.29, 0.717) is 5.92 Å². The van der Waals surface area contributed by atoms with E-state index in [1.54, 1.807) is 0 Å². The molecule has 0 aliphatic heterocycles. The van der Waals surface area contributed by atoms with Gasteiger partial charge in [0.2, 0.25) is 0 Å². The fourth-order valence-corrected chi connectivity index (χ4v) is 1.58. The summed E-state index contributed by atoms with van der Waals surface area (Å²) < 4.78 is 13.9. The van der Waals surface area contributed by atoms with Crippen LogP contribution in [0.1, 0.15) is 24.3 Å². The zero-order chi connectivity index (χ0) is 7.84. The number of hydrogen-bond acceptors (Lipinski definition) is 0. The van der Waals surface area contributed by atoms with E-state index in [1.807, 2.05) is 12.1 Å². The van der Waals surface area contributed by atoms with E-state index in [4.69, 9.17) is 0 Å². The average molecular weight is 261 g/mol. The molecule has 0 aromatic heterocycles. The highest BCUT2D eigenvalue weighted by Crippen LogP contribution is 2.41. The van der Waals surface area contributed by atoms with Gasteiger partial charge in [0.1, 0.15) is 5.82 Å². The molecular weight excluding hydrogens is 254 g/mol. The minimum absolute atomic E-state index is 0.153. The summed E-state index contributed by atoms with van der Waals surface area (Å²) in [5.74, 6) is 0.336. The third-order valence-electron chi connectivity index (χ3n) is 1.91. The first-order chi connectivity index (χ1) is 5.27. The largest absolute Gasteiger partial charge is 0.206 e. The molecule has 1 aromatic rings. The van der Waals surface area contributed by atoms with Crippen LogP contribution >= 0.6 is 22.6 Å². The summed E-state index contributed by atoms with van der Waals surface area (Å²) >= 11 is 2.07. The number of rotatable bonds is 1. The smallest absolute Gasteiger partial charge is 0.135 e. The van der Waals surface area contributed by atoms with Crippen LogP contribution < -0.4 is 0 Å². The second-order valence-corrected chi connectivity index (χ2v) is 4.01. The van der Waals surface area contributed by atoms with E-state index < -0.39 is 0 Å². The fraction of sp³-hybridized carbons (Fsp3) is 0.333. The number of hydrogen-bond donors (Lipinski definition) is 0. The lowest BCUT2D eigenvalue weighted by Crippen LogP contribution is -1.87. The van der Waals surface area contributed by atoms with Crippen LogP contribution in [0.25, 0.3) is 0 Å². The van der Waals surface area contributed by atoms with Crippen molar-refractivity contribution in [2.75, 3.05) is 0 Å². The Hall–Kier alpha value is -0.120. The first kappa shape index (κ1) is 7.53. The first-order valence-electron chi connectivity index (χ1n) is 3.64. The molecule has 0 atom stereocenters. The molecule has 1 radical (unpaired) electrons. The Morgan fingerprint density at radius 3 is 2.73 bits per heavy atom. The van der Waals surface area contributed by atoms with Crippen molar-refractivity contribution in [2.24, 2.45) is 0 Å². The molecule has 0 unspecified atom stereocenters. The van der Waals surface area contributed by atoms with Crippen LogP contribution in [0, 0.1) is 15.5 Å². The van der Waals surface area contributed by atoms with Gasteiger partial charge in [-0.25, -0.2) is 4.39 Å². The second-order valence-electron chi connectivity index (χ2n) is 2.85. The van der Waals surface area contributed by atoms with E-state index in [9.17, 15) is 4.39 Å². The molecule has 0 spiro atoms. The molecule has 2 heteroatoms. The first-order valence-corrected chi connectivity index (χ1v) is 4.72. The van der Waals surface area contributed by atoms with Gasteiger partial charge in [0.25, 0.3) is 0 Å². The Morgan fingerprint density at radius 1 is 1.45 bits per heavy atom. The summed E-state index contributed by atoms with van der Waals surface area (Å²) in [6.07, 6.45) is 2.29. The highest BCUT2D eigenvalue weighted by Gasteiger charge is 2.26. The zero-order valence-electron chi connectivity index (χ0n) is 5.90. The molecule has 2 rings (SSSR count). The summed E-state index contributed by atoms with van der Waals surface area (Å²) in [6.45, 7) is 0. The van der Waals surface area contributed by atoms with Gasteiger partial charge in [-0.2, -0.15) is 0 Å². The van der Waals surface area contributed by atoms with Crippen LogP contribution in [0.15, 0.2) is 12.1 Å². The highest BCUT2D eigenvalue weighted by atomic mass is 127. The minimum atomic E-state index is -0.153. The van der Waals surface area contributed by atoms with Gasteiger partial charge in [0.15, 0.2) is 0 Å². The van der Waals surface area contributed by atoms with Gasteiger partial charge in [-0.05, 0) is 53.0 Å². The van der Waals surface area contributed by atoms with Crippen molar-refractivity contribution < 1.29 is 4.39 Å². The third-order valence-corrected chi connectivity index (χ3v) is 2.54. The van der Waals surface area contributed by atoms with Crippen LogP contribution in [0.5, 0.6) is 0 Å². The quantitative estimate of drug-likeness (QED) is 0.681. The Kier molecular flexibility index (Phi) is 1.87. The molecule has 0 heterocycles. The molecule has 1 aliphatic carbocycles. The van der Waals surface area contributed by atoms with Gasteiger partial charge in [0.05, 0.1) is 0 Å². The van der Waals surface area contributed by atoms with Crippen molar-refractivity contribution in [3.05, 3.63) is 33.1 Å². The number of halogens is 2. The Morgan fingerprint density at radius 2 is 2.18 bits per heavy atom. The van der Waals surface area contributed by atoms with Gasteiger partial charge in [-0.1, -0.05) is 6.07 Å². The zero-order valence-corrected chi connectivity index (χ0v) is 8.06. The molecule has 0 bridgehead atoms. The van der Waals surface area contributed by atoms with Gasteiger partial charge in [-0.3, -0.25) is 0 Å². The van der Waals surface area contributed by atoms with Gasteiger partial charge in [0, 0.05) is 9.64 Å². The summed E-state index contributed by atoms with van der Waals surface area (Å²) in [5.41, 5.74) is 0.852. The Bertz CT molecular complexity index is 279. The summed E-state index contributed by atoms with van der Waals surface area (Å²) in [5, 5.41) is 0. The summed E-state index contributed by atoms with van der Waals surface area (Å²) in [7, 11) is 0. The van der Waals surface area contributed by atoms with Gasteiger partial charge >= 0.3 is 0 Å². The van der Waals surface area contributed by atoms with E-state index in [0.717, 1.165) is 22.0 Å². The average Bonchev–Trinajstić information content (AvgIpc) is 2.70. The third kappa shape index (κ3) is 1.55. The van der Waals surface area contributed by atoms with Crippen molar-refractivity contribution in [1.82, 2.24) is 0 Å². The molecule has 11 heavy (non-hydrogen) atoms. The lowest BCUT2D eigenvalue weighted by molar-refractivity contribution is 0.607. The number of benzene rings is 1. The molecule has 1 saturated carbocycles. The van der Waals surface area contributed by atoms with Crippen molar-refractivity contribution in [3.63, 3.8) is 0 Å². The molecule has 1 aromatic carbocycles. The van der Waals surface area contributed by atoms with Crippen molar-refractivity contribution >= 4 is 22.6 Å². The molecular formula is C9H7FI. The summed E-state index contributed by atoms with van der Waals surface area (Å²) in [4.78, 5) is 0. The Balaban J connectivity index is 2.39. The van der Waals surface area contributed by atoms with Gasteiger partial charge < -0.3 is 0 Å². The van der Waals surface area contributed by atoms with Crippen LogP contribution in [-0.4, -0.2) is 0 Å². The molecule has 0 saturated heterocycles. The summed E-state index contributed by atoms with van der Waals surface area (Å²) in [6, 6.07) is 6.47. The van der Waals surface area contributed by atoms with Gasteiger partial charge in [-0.15, -0.1) is 0 Å². The van der Waals surface area contributed by atoms with Crippen molar-refractivity contribution in [3.8, 4) is 0 Å². The van der Waals surface area contributed by atoms with E-state index in [1.165, 1.54) is 0 Å². The second kappa shape index (κ2) is 2.73. The highest BCUT2D eigenvalue weighted by molar-refractivity contribution is 14.1. The predicted octanol–water partition coefficient (Wildman–Crippen LogP) is 3.11. The van der Waals surface area contributed by atoms with Crippen LogP contribution in [-0.2, 0) is 0 Å². The maximum Gasteiger partial charge on any atom is 0.135 e. The molecule has 0 N–H and O–H groups in total. The molecule has 0 amide bonds. The van der Waals surface area contributed by atoms with Crippen LogP contribution in [0.2, 0.25) is 0 Å². The molecule has 0 nitrogen and oxygen atoms in total. The Labute approximate surface area is 78.9 Å². The van der Waals surface area contributed by atoms with E-state index in [-0.39, 0.29) is 5.82 Å². The van der Waals surface area contributed by atoms with Crippen LogP contribution in [0.3, 0.4) is 0 Å². The lowest BCUT2D eigenvalue weighted by Gasteiger charge is -1.98. The van der Waals surface area contributed by atoms with E-state index in [2.05, 4.69) is 28.7 Å². The molecule has 1 aliphatic rings. The standard InChI is InChI=1S/C9H7FI/c10-9-5-7(11)3-4-8(9)6-1-2-6/h3-4,6H,1-2H2. The lowest BCUT2D eigenvalue weighted by atomic mass is 10.1. The normalized spacial score (nSPS) is 16.9. The van der Waals surface area contributed by atoms with E-state index >= 15 is 0 Å². The monoisotopic (exact) mass is 261 g/mol. The SMILES string of the molecule is Fc1[c]c(I)ccc1C1CC1. The fourth-order valence-electron chi connectivity index (χ4n) is 1.16. The maximum atomic E-state index is 13.1. The predicted molar refractivity (Wildman–Crippen MR) is 49.9 cm³/mol. The topological polar surface area (TPSA) is 0 Å².